The molecule has 0 aliphatic heterocycles. The van der Waals surface area contributed by atoms with Crippen LogP contribution in [0.3, 0.4) is 0 Å². The zero-order chi connectivity index (χ0) is 24.0. The highest BCUT2D eigenvalue weighted by Crippen LogP contribution is 2.25. The molecule has 0 unspecified atom stereocenters. The molecule has 0 aromatic heterocycles. The van der Waals surface area contributed by atoms with E-state index in [1.807, 2.05) is 6.07 Å². The first-order chi connectivity index (χ1) is 15.7. The first kappa shape index (κ1) is 24.4. The predicted octanol–water partition coefficient (Wildman–Crippen LogP) is 3.33. The molecular weight excluding hydrogens is 446 g/mol. The Morgan fingerprint density at radius 3 is 2.09 bits per heavy atom. The number of aryl methyl sites for hydroxylation is 2. The number of esters is 2. The molecule has 9 heteroatoms. The highest BCUT2D eigenvalue weighted by molar-refractivity contribution is 7.91. The average molecular weight is 474 g/mol. The number of fused-ring (bicyclic) bond motifs is 1. The van der Waals surface area contributed by atoms with Crippen LogP contribution in [0.4, 0.5) is 5.69 Å². The predicted molar refractivity (Wildman–Crippen MR) is 122 cm³/mol. The molecule has 1 N–H and O–H groups in total. The van der Waals surface area contributed by atoms with E-state index in [4.69, 9.17) is 9.47 Å². The molecular formula is C24H27NO7S. The zero-order valence-electron chi connectivity index (χ0n) is 18.7. The van der Waals surface area contributed by atoms with Gasteiger partial charge < -0.3 is 14.8 Å². The molecule has 2 aromatic carbocycles. The Hall–Kier alpha value is -3.20. The first-order valence-electron chi connectivity index (χ1n) is 10.9. The lowest BCUT2D eigenvalue weighted by atomic mass is 10.1. The van der Waals surface area contributed by atoms with Crippen molar-refractivity contribution in [3.8, 4) is 0 Å². The normalized spacial score (nSPS) is 12.7. The molecule has 3 rings (SSSR count). The third-order valence-corrected chi connectivity index (χ3v) is 6.98. The highest BCUT2D eigenvalue weighted by Gasteiger charge is 2.21. The van der Waals surface area contributed by atoms with E-state index in [0.29, 0.717) is 0 Å². The number of hydrogen-bond acceptors (Lipinski definition) is 7. The second kappa shape index (κ2) is 10.6. The molecule has 0 spiro atoms. The van der Waals surface area contributed by atoms with Gasteiger partial charge in [-0.25, -0.2) is 18.0 Å². The molecule has 0 heterocycles. The molecule has 0 atom stereocenters. The maximum atomic E-state index is 12.7. The average Bonchev–Trinajstić information content (AvgIpc) is 3.26. The Kier molecular flexibility index (Phi) is 7.86. The minimum atomic E-state index is -3.64. The van der Waals surface area contributed by atoms with Crippen LogP contribution in [0.15, 0.2) is 41.3 Å². The number of sulfone groups is 1. The van der Waals surface area contributed by atoms with E-state index < -0.39 is 27.7 Å². The zero-order valence-corrected chi connectivity index (χ0v) is 19.5. The Morgan fingerprint density at radius 2 is 1.48 bits per heavy atom. The van der Waals surface area contributed by atoms with Crippen LogP contribution >= 0.6 is 0 Å². The van der Waals surface area contributed by atoms with Crippen LogP contribution in [-0.2, 0) is 36.9 Å². The molecule has 1 aliphatic carbocycles. The van der Waals surface area contributed by atoms with Crippen molar-refractivity contribution >= 4 is 33.4 Å². The second-order valence-corrected chi connectivity index (χ2v) is 9.75. The molecule has 33 heavy (non-hydrogen) atoms. The van der Waals surface area contributed by atoms with Gasteiger partial charge in [0.15, 0.2) is 9.84 Å². The fraction of sp³-hybridized carbons (Fsp3) is 0.375. The van der Waals surface area contributed by atoms with Crippen molar-refractivity contribution in [1.82, 2.24) is 0 Å². The fourth-order valence-electron chi connectivity index (χ4n) is 3.67. The Labute approximate surface area is 193 Å². The standard InChI is InChI=1S/C24H27NO7S/c1-3-31-23(27)18-12-19(24(28)32-4-2)14-20(13-18)25-22(26)10-11-33(29,30)21-9-8-16-6-5-7-17(16)15-21/h8-9,12-15H,3-7,10-11H2,1-2H3,(H,25,26). The minimum absolute atomic E-state index is 0.0727. The van der Waals surface area contributed by atoms with Crippen LogP contribution < -0.4 is 5.32 Å². The number of anilines is 1. The van der Waals surface area contributed by atoms with Crippen molar-refractivity contribution in [3.63, 3.8) is 0 Å². The Balaban J connectivity index is 1.72. The number of nitrogens with one attached hydrogen (secondary N) is 1. The van der Waals surface area contributed by atoms with Crippen LogP contribution in [0.1, 0.15) is 58.5 Å². The summed E-state index contributed by atoms with van der Waals surface area (Å²) in [6, 6.07) is 9.19. The summed E-state index contributed by atoms with van der Waals surface area (Å²) in [6.07, 6.45) is 2.55. The van der Waals surface area contributed by atoms with E-state index in [-0.39, 0.29) is 47.1 Å². The van der Waals surface area contributed by atoms with E-state index in [0.717, 1.165) is 24.8 Å². The van der Waals surface area contributed by atoms with Gasteiger partial charge in [0.25, 0.3) is 0 Å². The first-order valence-corrected chi connectivity index (χ1v) is 12.5. The van der Waals surface area contributed by atoms with Crippen molar-refractivity contribution < 1.29 is 32.3 Å². The molecule has 0 bridgehead atoms. The summed E-state index contributed by atoms with van der Waals surface area (Å²) in [4.78, 5) is 37.0. The summed E-state index contributed by atoms with van der Waals surface area (Å²) in [5.41, 5.74) is 2.53. The Bertz CT molecular complexity index is 1140. The van der Waals surface area contributed by atoms with E-state index in [9.17, 15) is 22.8 Å². The van der Waals surface area contributed by atoms with Gasteiger partial charge in [-0.15, -0.1) is 0 Å². The van der Waals surface area contributed by atoms with Gasteiger partial charge in [-0.3, -0.25) is 4.79 Å². The van der Waals surface area contributed by atoms with Gasteiger partial charge in [0.1, 0.15) is 0 Å². The number of hydrogen-bond donors (Lipinski definition) is 1. The smallest absolute Gasteiger partial charge is 0.338 e. The highest BCUT2D eigenvalue weighted by atomic mass is 32.2. The van der Waals surface area contributed by atoms with E-state index in [1.165, 1.54) is 23.8 Å². The molecule has 0 saturated heterocycles. The largest absolute Gasteiger partial charge is 0.462 e. The molecule has 2 aromatic rings. The number of rotatable bonds is 9. The monoisotopic (exact) mass is 473 g/mol. The lowest BCUT2D eigenvalue weighted by Gasteiger charge is -2.11. The molecule has 1 aliphatic rings. The lowest BCUT2D eigenvalue weighted by Crippen LogP contribution is -2.18. The molecule has 1 amide bonds. The van der Waals surface area contributed by atoms with Crippen molar-refractivity contribution in [2.24, 2.45) is 0 Å². The van der Waals surface area contributed by atoms with Crippen LogP contribution in [0.2, 0.25) is 0 Å². The van der Waals surface area contributed by atoms with Gasteiger partial charge in [0.05, 0.1) is 35.0 Å². The van der Waals surface area contributed by atoms with Crippen LogP contribution in [0.5, 0.6) is 0 Å². The summed E-state index contributed by atoms with van der Waals surface area (Å²) in [6.45, 7) is 3.59. The number of carbonyl (C=O) groups is 3. The van der Waals surface area contributed by atoms with Crippen molar-refractivity contribution in [2.75, 3.05) is 24.3 Å². The maximum absolute atomic E-state index is 12.7. The van der Waals surface area contributed by atoms with Gasteiger partial charge in [0, 0.05) is 12.1 Å². The summed E-state index contributed by atoms with van der Waals surface area (Å²) in [5, 5.41) is 2.56. The SMILES string of the molecule is CCOC(=O)c1cc(NC(=O)CCS(=O)(=O)c2ccc3c(c2)CCC3)cc(C(=O)OCC)c1. The summed E-state index contributed by atoms with van der Waals surface area (Å²) < 4.78 is 35.4. The molecule has 8 nitrogen and oxygen atoms in total. The van der Waals surface area contributed by atoms with Gasteiger partial charge >= 0.3 is 11.9 Å². The maximum Gasteiger partial charge on any atom is 0.338 e. The quantitative estimate of drug-likeness (QED) is 0.555. The Morgan fingerprint density at radius 1 is 0.879 bits per heavy atom. The van der Waals surface area contributed by atoms with Gasteiger partial charge in [0.2, 0.25) is 5.91 Å². The van der Waals surface area contributed by atoms with Crippen molar-refractivity contribution in [1.29, 1.82) is 0 Å². The van der Waals surface area contributed by atoms with Gasteiger partial charge in [-0.05, 0) is 74.6 Å². The van der Waals surface area contributed by atoms with E-state index >= 15 is 0 Å². The fourth-order valence-corrected chi connectivity index (χ4v) is 4.96. The van der Waals surface area contributed by atoms with Gasteiger partial charge in [-0.1, -0.05) is 6.07 Å². The number of benzene rings is 2. The van der Waals surface area contributed by atoms with Crippen LogP contribution in [0, 0.1) is 0 Å². The third kappa shape index (κ3) is 6.19. The third-order valence-electron chi connectivity index (χ3n) is 5.27. The van der Waals surface area contributed by atoms with Crippen molar-refractivity contribution in [2.45, 2.75) is 44.4 Å². The van der Waals surface area contributed by atoms with Crippen LogP contribution in [-0.4, -0.2) is 45.2 Å². The number of carbonyl (C=O) groups excluding carboxylic acids is 3. The number of amides is 1. The van der Waals surface area contributed by atoms with E-state index in [2.05, 4.69) is 5.32 Å². The molecule has 0 saturated carbocycles. The second-order valence-electron chi connectivity index (χ2n) is 7.64. The number of ether oxygens (including phenoxy) is 2. The molecule has 0 fully saturated rings. The summed E-state index contributed by atoms with van der Waals surface area (Å²) in [7, 11) is -3.64. The minimum Gasteiger partial charge on any atom is -0.462 e. The topological polar surface area (TPSA) is 116 Å². The van der Waals surface area contributed by atoms with Gasteiger partial charge in [-0.2, -0.15) is 0 Å². The summed E-state index contributed by atoms with van der Waals surface area (Å²) >= 11 is 0. The van der Waals surface area contributed by atoms with Crippen LogP contribution in [0.25, 0.3) is 0 Å². The van der Waals surface area contributed by atoms with Crippen molar-refractivity contribution in [3.05, 3.63) is 58.7 Å². The van der Waals surface area contributed by atoms with E-state index in [1.54, 1.807) is 26.0 Å². The summed E-state index contributed by atoms with van der Waals surface area (Å²) in [5.74, 6) is -2.23. The molecule has 176 valence electrons. The lowest BCUT2D eigenvalue weighted by molar-refractivity contribution is -0.115. The molecule has 0 radical (unpaired) electrons.